The van der Waals surface area contributed by atoms with Gasteiger partial charge in [-0.2, -0.15) is 0 Å². The number of nitrogens with one attached hydrogen (secondary N) is 1. The van der Waals surface area contributed by atoms with Gasteiger partial charge in [0.2, 0.25) is 0 Å². The highest BCUT2D eigenvalue weighted by Gasteiger charge is 2.69. The number of hydrogen-bond acceptors (Lipinski definition) is 1. The van der Waals surface area contributed by atoms with Crippen molar-refractivity contribution >= 4 is 0 Å². The van der Waals surface area contributed by atoms with Crippen LogP contribution in [0.4, 0.5) is 8.78 Å². The van der Waals surface area contributed by atoms with Crippen molar-refractivity contribution in [2.45, 2.75) is 18.4 Å². The Labute approximate surface area is 46.1 Å². The molecule has 1 aliphatic carbocycles. The van der Waals surface area contributed by atoms with E-state index in [1.807, 2.05) is 0 Å². The predicted octanol–water partition coefficient (Wildman–Crippen LogP) is 0.613. The van der Waals surface area contributed by atoms with Crippen LogP contribution in [0.1, 0.15) is 6.42 Å². The Hall–Kier alpha value is -0.180. The molecule has 0 spiro atoms. The van der Waals surface area contributed by atoms with Gasteiger partial charge in [-0.3, -0.25) is 0 Å². The molecule has 0 bridgehead atoms. The molecule has 2 atom stereocenters. The lowest BCUT2D eigenvalue weighted by molar-refractivity contribution is 0.0805. The summed E-state index contributed by atoms with van der Waals surface area (Å²) in [6.07, 6.45) is 0.664. The quantitative estimate of drug-likeness (QED) is 0.492. The van der Waals surface area contributed by atoms with E-state index in [0.29, 0.717) is 6.42 Å². The van der Waals surface area contributed by atoms with Crippen molar-refractivity contribution in [1.29, 1.82) is 0 Å². The summed E-state index contributed by atoms with van der Waals surface area (Å²) < 4.78 is 24.4. The van der Waals surface area contributed by atoms with Crippen LogP contribution in [0.3, 0.4) is 0 Å². The number of halogens is 2. The highest BCUT2D eigenvalue weighted by molar-refractivity contribution is 5.14. The molecule has 1 nitrogen and oxygen atoms in total. The number of piperidine rings is 1. The van der Waals surface area contributed by atoms with E-state index in [2.05, 4.69) is 5.32 Å². The smallest absolute Gasteiger partial charge is 0.268 e. The highest BCUT2D eigenvalue weighted by Crippen LogP contribution is 2.53. The first-order valence-electron chi connectivity index (χ1n) is 2.84. The maximum absolute atomic E-state index is 12.2. The molecule has 1 aliphatic heterocycles. The molecule has 1 saturated carbocycles. The number of alkyl halides is 2. The molecule has 8 heavy (non-hydrogen) atoms. The van der Waals surface area contributed by atoms with E-state index in [0.717, 1.165) is 6.54 Å². The SMILES string of the molecule is FC1(F)[C@@H]2CCN[C@@H]21. The van der Waals surface area contributed by atoms with Crippen LogP contribution in [-0.2, 0) is 0 Å². The molecule has 0 radical (unpaired) electrons. The maximum Gasteiger partial charge on any atom is 0.268 e. The predicted molar refractivity (Wildman–Crippen MR) is 24.8 cm³/mol. The van der Waals surface area contributed by atoms with Gasteiger partial charge < -0.3 is 5.32 Å². The first kappa shape index (κ1) is 4.68. The summed E-state index contributed by atoms with van der Waals surface area (Å²) in [7, 11) is 0. The molecule has 0 amide bonds. The molecule has 0 unspecified atom stereocenters. The van der Waals surface area contributed by atoms with Crippen LogP contribution in [0, 0.1) is 5.92 Å². The van der Waals surface area contributed by atoms with Crippen molar-refractivity contribution in [2.24, 2.45) is 5.92 Å². The Kier molecular flexibility index (Phi) is 0.615. The van der Waals surface area contributed by atoms with Crippen LogP contribution in [-0.4, -0.2) is 18.5 Å². The van der Waals surface area contributed by atoms with Gasteiger partial charge in [-0.25, -0.2) is 8.78 Å². The zero-order valence-corrected chi connectivity index (χ0v) is 4.32. The van der Waals surface area contributed by atoms with Gasteiger partial charge in [0.1, 0.15) is 0 Å². The Morgan fingerprint density at radius 2 is 2.25 bits per heavy atom. The molecular weight excluding hydrogens is 112 g/mol. The average molecular weight is 119 g/mol. The minimum absolute atomic E-state index is 0.317. The van der Waals surface area contributed by atoms with E-state index in [1.54, 1.807) is 0 Å². The van der Waals surface area contributed by atoms with Gasteiger partial charge in [-0.05, 0) is 13.0 Å². The van der Waals surface area contributed by atoms with E-state index in [9.17, 15) is 8.78 Å². The Bertz CT molecular complexity index is 112. The number of fused-ring (bicyclic) bond motifs is 1. The largest absolute Gasteiger partial charge is 0.308 e. The zero-order valence-electron chi connectivity index (χ0n) is 4.32. The van der Waals surface area contributed by atoms with Gasteiger partial charge in [0.25, 0.3) is 5.92 Å². The van der Waals surface area contributed by atoms with Crippen molar-refractivity contribution in [3.05, 3.63) is 0 Å². The fourth-order valence-corrected chi connectivity index (χ4v) is 1.42. The Morgan fingerprint density at radius 3 is 2.50 bits per heavy atom. The zero-order chi connectivity index (χ0) is 5.78. The van der Waals surface area contributed by atoms with Crippen LogP contribution in [0.2, 0.25) is 0 Å². The summed E-state index contributed by atoms with van der Waals surface area (Å²) in [6.45, 7) is 0.783. The lowest BCUT2D eigenvalue weighted by Crippen LogP contribution is -2.20. The average Bonchev–Trinajstić information content (AvgIpc) is 2.22. The van der Waals surface area contributed by atoms with Crippen molar-refractivity contribution in [3.8, 4) is 0 Å². The summed E-state index contributed by atoms with van der Waals surface area (Å²) >= 11 is 0. The molecular formula is C5H7F2N. The first-order valence-corrected chi connectivity index (χ1v) is 2.84. The molecule has 1 N–H and O–H groups in total. The van der Waals surface area contributed by atoms with E-state index < -0.39 is 12.0 Å². The van der Waals surface area contributed by atoms with Gasteiger partial charge in [0.15, 0.2) is 0 Å². The fourth-order valence-electron chi connectivity index (χ4n) is 1.42. The van der Waals surface area contributed by atoms with Crippen LogP contribution >= 0.6 is 0 Å². The molecule has 0 aromatic rings. The maximum atomic E-state index is 12.2. The van der Waals surface area contributed by atoms with Crippen molar-refractivity contribution in [2.75, 3.05) is 6.54 Å². The third-order valence-electron chi connectivity index (χ3n) is 2.02. The van der Waals surface area contributed by atoms with Crippen LogP contribution < -0.4 is 5.32 Å². The monoisotopic (exact) mass is 119 g/mol. The Balaban J connectivity index is 2.13. The number of rotatable bonds is 0. The van der Waals surface area contributed by atoms with Gasteiger partial charge >= 0.3 is 0 Å². The highest BCUT2D eigenvalue weighted by atomic mass is 19.3. The van der Waals surface area contributed by atoms with Crippen LogP contribution in [0.15, 0.2) is 0 Å². The summed E-state index contributed by atoms with van der Waals surface area (Å²) in [5.74, 6) is -2.67. The molecule has 1 heterocycles. The minimum atomic E-state index is -2.35. The van der Waals surface area contributed by atoms with Crippen molar-refractivity contribution < 1.29 is 8.78 Å². The molecule has 2 aliphatic rings. The van der Waals surface area contributed by atoms with E-state index in [4.69, 9.17) is 0 Å². The summed E-state index contributed by atoms with van der Waals surface area (Å²) in [5.41, 5.74) is 0. The molecule has 2 rings (SSSR count). The van der Waals surface area contributed by atoms with Crippen molar-refractivity contribution in [1.82, 2.24) is 5.32 Å². The lowest BCUT2D eigenvalue weighted by Gasteiger charge is -1.98. The third kappa shape index (κ3) is 0.344. The minimum Gasteiger partial charge on any atom is -0.308 e. The summed E-state index contributed by atoms with van der Waals surface area (Å²) in [6, 6.07) is -0.456. The van der Waals surface area contributed by atoms with Gasteiger partial charge in [0, 0.05) is 5.92 Å². The molecule has 2 fully saturated rings. The molecule has 46 valence electrons. The standard InChI is InChI=1S/C5H7F2N/c6-5(7)3-1-2-8-4(3)5/h3-4,8H,1-2H2/t3-,4+/m1/s1. The van der Waals surface area contributed by atoms with E-state index >= 15 is 0 Å². The first-order chi connectivity index (χ1) is 3.73. The second-order valence-corrected chi connectivity index (χ2v) is 2.50. The fraction of sp³-hybridized carbons (Fsp3) is 1.00. The van der Waals surface area contributed by atoms with Crippen molar-refractivity contribution in [3.63, 3.8) is 0 Å². The Morgan fingerprint density at radius 1 is 1.50 bits per heavy atom. The molecule has 3 heteroatoms. The van der Waals surface area contributed by atoms with Crippen LogP contribution in [0.5, 0.6) is 0 Å². The molecule has 1 saturated heterocycles. The summed E-state index contributed by atoms with van der Waals surface area (Å²) in [4.78, 5) is 0. The normalized spacial score (nSPS) is 48.8. The molecule has 0 aromatic carbocycles. The van der Waals surface area contributed by atoms with Crippen LogP contribution in [0.25, 0.3) is 0 Å². The topological polar surface area (TPSA) is 12.0 Å². The van der Waals surface area contributed by atoms with Gasteiger partial charge in [0.05, 0.1) is 6.04 Å². The second kappa shape index (κ2) is 1.05. The van der Waals surface area contributed by atoms with E-state index in [-0.39, 0.29) is 5.92 Å². The molecule has 0 aromatic heterocycles. The summed E-state index contributed by atoms with van der Waals surface area (Å²) in [5, 5.41) is 2.73. The lowest BCUT2D eigenvalue weighted by atomic mass is 10.3. The van der Waals surface area contributed by atoms with E-state index in [1.165, 1.54) is 0 Å². The number of hydrogen-bond donors (Lipinski definition) is 1. The second-order valence-electron chi connectivity index (χ2n) is 2.50. The van der Waals surface area contributed by atoms with Gasteiger partial charge in [-0.15, -0.1) is 0 Å². The third-order valence-corrected chi connectivity index (χ3v) is 2.02. The van der Waals surface area contributed by atoms with Gasteiger partial charge in [-0.1, -0.05) is 0 Å².